The van der Waals surface area contributed by atoms with Gasteiger partial charge in [0.15, 0.2) is 10.4 Å². The highest BCUT2D eigenvalue weighted by Gasteiger charge is 2.11. The molecular formula is C10H14N4OS. The number of rotatable bonds is 2. The molecule has 0 fully saturated rings. The molecule has 2 heterocycles. The lowest BCUT2D eigenvalue weighted by Gasteiger charge is -2.12. The van der Waals surface area contributed by atoms with E-state index in [1.807, 2.05) is 4.57 Å². The third-order valence-corrected chi connectivity index (χ3v) is 2.95. The number of nitrogens with one attached hydrogen (secondary N) is 1. The molecule has 0 spiro atoms. The van der Waals surface area contributed by atoms with Crippen LogP contribution in [-0.4, -0.2) is 19.1 Å². The fraction of sp³-hybridized carbons (Fsp3) is 0.500. The molecule has 5 nitrogen and oxygen atoms in total. The van der Waals surface area contributed by atoms with E-state index in [1.165, 1.54) is 10.9 Å². The van der Waals surface area contributed by atoms with Crippen LogP contribution >= 0.6 is 12.2 Å². The van der Waals surface area contributed by atoms with Crippen LogP contribution in [0.25, 0.3) is 11.2 Å². The van der Waals surface area contributed by atoms with Gasteiger partial charge in [-0.1, -0.05) is 13.8 Å². The molecule has 0 bridgehead atoms. The molecule has 0 amide bonds. The molecule has 86 valence electrons. The Morgan fingerprint density at radius 2 is 2.25 bits per heavy atom. The fourth-order valence-electron chi connectivity index (χ4n) is 1.71. The Labute approximate surface area is 97.7 Å². The average Bonchev–Trinajstić information content (AvgIpc) is 2.69. The summed E-state index contributed by atoms with van der Waals surface area (Å²) in [5.74, 6) is 0.448. The van der Waals surface area contributed by atoms with Crippen molar-refractivity contribution >= 4 is 23.4 Å². The predicted molar refractivity (Wildman–Crippen MR) is 65.0 cm³/mol. The molecular weight excluding hydrogens is 224 g/mol. The summed E-state index contributed by atoms with van der Waals surface area (Å²) in [7, 11) is 1.68. The molecule has 0 saturated heterocycles. The number of fused-ring (bicyclic) bond motifs is 1. The minimum absolute atomic E-state index is 0.127. The average molecular weight is 238 g/mol. The summed E-state index contributed by atoms with van der Waals surface area (Å²) in [5.41, 5.74) is 1.02. The molecule has 6 heteroatoms. The first-order chi connectivity index (χ1) is 7.52. The van der Waals surface area contributed by atoms with Crippen molar-refractivity contribution in [3.63, 3.8) is 0 Å². The largest absolute Gasteiger partial charge is 0.339 e. The van der Waals surface area contributed by atoms with Gasteiger partial charge in [-0.15, -0.1) is 0 Å². The van der Waals surface area contributed by atoms with Gasteiger partial charge in [-0.2, -0.15) is 0 Å². The third-order valence-electron chi connectivity index (χ3n) is 2.46. The van der Waals surface area contributed by atoms with Gasteiger partial charge in [-0.3, -0.25) is 9.36 Å². The van der Waals surface area contributed by atoms with Gasteiger partial charge in [0.05, 0.1) is 6.33 Å². The molecule has 16 heavy (non-hydrogen) atoms. The summed E-state index contributed by atoms with van der Waals surface area (Å²) in [6, 6.07) is 0. The molecule has 0 atom stereocenters. The van der Waals surface area contributed by atoms with Crippen molar-refractivity contribution in [2.24, 2.45) is 13.0 Å². The van der Waals surface area contributed by atoms with Crippen molar-refractivity contribution in [3.8, 4) is 0 Å². The van der Waals surface area contributed by atoms with E-state index in [-0.39, 0.29) is 5.56 Å². The highest BCUT2D eigenvalue weighted by Crippen LogP contribution is 2.08. The van der Waals surface area contributed by atoms with Crippen LogP contribution in [0.2, 0.25) is 0 Å². The quantitative estimate of drug-likeness (QED) is 0.806. The van der Waals surface area contributed by atoms with Crippen LogP contribution in [0.3, 0.4) is 0 Å². The number of hydrogen-bond acceptors (Lipinski definition) is 3. The van der Waals surface area contributed by atoms with Crippen LogP contribution in [-0.2, 0) is 13.6 Å². The Morgan fingerprint density at radius 3 is 2.88 bits per heavy atom. The van der Waals surface area contributed by atoms with E-state index in [4.69, 9.17) is 12.2 Å². The van der Waals surface area contributed by atoms with Gasteiger partial charge < -0.3 is 9.55 Å². The molecule has 0 aliphatic carbocycles. The van der Waals surface area contributed by atoms with Gasteiger partial charge >= 0.3 is 0 Å². The highest BCUT2D eigenvalue weighted by molar-refractivity contribution is 7.71. The summed E-state index contributed by atoms with van der Waals surface area (Å²) < 4.78 is 3.88. The maximum absolute atomic E-state index is 11.9. The Morgan fingerprint density at radius 1 is 1.56 bits per heavy atom. The van der Waals surface area contributed by atoms with Crippen molar-refractivity contribution < 1.29 is 0 Å². The number of nitrogens with zero attached hydrogens (tertiary/aromatic N) is 3. The maximum Gasteiger partial charge on any atom is 0.280 e. The zero-order valence-electron chi connectivity index (χ0n) is 9.52. The first-order valence-corrected chi connectivity index (χ1v) is 5.56. The topological polar surface area (TPSA) is 55.6 Å². The second-order valence-electron chi connectivity index (χ2n) is 4.25. The number of imidazole rings is 1. The Bertz CT molecular complexity index is 634. The van der Waals surface area contributed by atoms with Gasteiger partial charge in [0.1, 0.15) is 5.52 Å². The van der Waals surface area contributed by atoms with Crippen LogP contribution in [0, 0.1) is 10.7 Å². The normalized spacial score (nSPS) is 11.5. The van der Waals surface area contributed by atoms with Crippen molar-refractivity contribution in [2.75, 3.05) is 0 Å². The Balaban J connectivity index is 2.86. The molecule has 0 aromatic carbocycles. The summed E-state index contributed by atoms with van der Waals surface area (Å²) in [6.07, 6.45) is 1.53. The summed E-state index contributed by atoms with van der Waals surface area (Å²) in [5, 5.41) is 0. The van der Waals surface area contributed by atoms with E-state index in [9.17, 15) is 4.79 Å². The summed E-state index contributed by atoms with van der Waals surface area (Å²) in [4.78, 5) is 18.9. The van der Waals surface area contributed by atoms with E-state index in [2.05, 4.69) is 23.8 Å². The van der Waals surface area contributed by atoms with Crippen LogP contribution < -0.4 is 5.56 Å². The highest BCUT2D eigenvalue weighted by atomic mass is 32.1. The fourth-order valence-corrected chi connectivity index (χ4v) is 1.95. The summed E-state index contributed by atoms with van der Waals surface area (Å²) in [6.45, 7) is 4.96. The van der Waals surface area contributed by atoms with Gasteiger partial charge in [-0.25, -0.2) is 4.98 Å². The lowest BCUT2D eigenvalue weighted by molar-refractivity contribution is 0.510. The van der Waals surface area contributed by atoms with Crippen molar-refractivity contribution in [1.82, 2.24) is 19.1 Å². The lowest BCUT2D eigenvalue weighted by atomic mass is 10.2. The Kier molecular flexibility index (Phi) is 2.67. The van der Waals surface area contributed by atoms with Gasteiger partial charge in [0, 0.05) is 13.6 Å². The van der Waals surface area contributed by atoms with Gasteiger partial charge in [-0.05, 0) is 18.1 Å². The lowest BCUT2D eigenvalue weighted by Crippen LogP contribution is -2.24. The standard InChI is InChI=1S/C10H14N4OS/c1-6(2)4-14-8-7(11-5-12-8)9(15)13(3)10(14)16/h5-6H,4H2,1-3H3,(H,11,12). The molecule has 2 rings (SSSR count). The second kappa shape index (κ2) is 3.86. The molecule has 0 aliphatic rings. The van der Waals surface area contributed by atoms with Crippen LogP contribution in [0.1, 0.15) is 13.8 Å². The maximum atomic E-state index is 11.9. The Hall–Kier alpha value is -1.43. The number of aromatic nitrogens is 4. The van der Waals surface area contributed by atoms with E-state index < -0.39 is 0 Å². The number of hydrogen-bond donors (Lipinski definition) is 1. The molecule has 2 aromatic rings. The molecule has 0 saturated carbocycles. The van der Waals surface area contributed by atoms with E-state index in [0.717, 1.165) is 6.54 Å². The molecule has 0 aliphatic heterocycles. The van der Waals surface area contributed by atoms with Crippen molar-refractivity contribution in [1.29, 1.82) is 0 Å². The van der Waals surface area contributed by atoms with Crippen molar-refractivity contribution in [3.05, 3.63) is 21.5 Å². The monoisotopic (exact) mass is 238 g/mol. The van der Waals surface area contributed by atoms with Gasteiger partial charge in [0.25, 0.3) is 5.56 Å². The zero-order chi connectivity index (χ0) is 11.9. The number of aromatic amines is 1. The minimum Gasteiger partial charge on any atom is -0.339 e. The predicted octanol–water partition coefficient (Wildman–Crippen LogP) is 1.45. The first-order valence-electron chi connectivity index (χ1n) is 5.15. The van der Waals surface area contributed by atoms with Crippen LogP contribution in [0.5, 0.6) is 0 Å². The van der Waals surface area contributed by atoms with E-state index >= 15 is 0 Å². The molecule has 0 radical (unpaired) electrons. The first kappa shape index (κ1) is 11.1. The smallest absolute Gasteiger partial charge is 0.280 e. The van der Waals surface area contributed by atoms with Crippen LogP contribution in [0.4, 0.5) is 0 Å². The van der Waals surface area contributed by atoms with E-state index in [1.54, 1.807) is 7.05 Å². The zero-order valence-corrected chi connectivity index (χ0v) is 10.3. The molecule has 1 N–H and O–H groups in total. The van der Waals surface area contributed by atoms with Crippen molar-refractivity contribution in [2.45, 2.75) is 20.4 Å². The second-order valence-corrected chi connectivity index (χ2v) is 4.62. The SMILES string of the molecule is CC(C)Cn1c(=S)n(C)c(=O)c2[nH]cnc21. The summed E-state index contributed by atoms with van der Waals surface area (Å²) >= 11 is 5.26. The van der Waals surface area contributed by atoms with Gasteiger partial charge in [0.2, 0.25) is 0 Å². The minimum atomic E-state index is -0.127. The van der Waals surface area contributed by atoms with E-state index in [0.29, 0.717) is 21.9 Å². The van der Waals surface area contributed by atoms with Crippen LogP contribution in [0.15, 0.2) is 11.1 Å². The third kappa shape index (κ3) is 1.59. The number of H-pyrrole nitrogens is 1. The molecule has 2 aromatic heterocycles. The molecule has 0 unspecified atom stereocenters.